The standard InChI is InChI=1S/C15H24BrNOS/c1-11(2)8-6-4-5-7-9-17-15(18)13-10-12(3)14(16)19-13/h10-11H,4-9H2,1-3H3,(H,17,18). The predicted octanol–water partition coefficient (Wildman–Crippen LogP) is 5.16. The van der Waals surface area contributed by atoms with Gasteiger partial charge in [0.15, 0.2) is 0 Å². The van der Waals surface area contributed by atoms with Crippen LogP contribution in [0.3, 0.4) is 0 Å². The highest BCUT2D eigenvalue weighted by Gasteiger charge is 2.10. The molecule has 4 heteroatoms. The lowest BCUT2D eigenvalue weighted by Gasteiger charge is -2.05. The van der Waals surface area contributed by atoms with E-state index in [2.05, 4.69) is 35.1 Å². The van der Waals surface area contributed by atoms with E-state index < -0.39 is 0 Å². The maximum Gasteiger partial charge on any atom is 0.261 e. The van der Waals surface area contributed by atoms with Gasteiger partial charge in [-0.25, -0.2) is 0 Å². The van der Waals surface area contributed by atoms with Crippen LogP contribution in [-0.2, 0) is 0 Å². The maximum absolute atomic E-state index is 11.9. The molecule has 108 valence electrons. The van der Waals surface area contributed by atoms with Crippen LogP contribution in [0.4, 0.5) is 0 Å². The summed E-state index contributed by atoms with van der Waals surface area (Å²) in [6.07, 6.45) is 6.19. The van der Waals surface area contributed by atoms with Crippen LogP contribution in [0.25, 0.3) is 0 Å². The molecule has 2 nitrogen and oxygen atoms in total. The van der Waals surface area contributed by atoms with Crippen molar-refractivity contribution in [3.05, 3.63) is 20.3 Å². The molecule has 0 aliphatic carbocycles. The van der Waals surface area contributed by atoms with Gasteiger partial charge in [-0.2, -0.15) is 0 Å². The number of aryl methyl sites for hydroxylation is 1. The van der Waals surface area contributed by atoms with Gasteiger partial charge < -0.3 is 5.32 Å². The van der Waals surface area contributed by atoms with Crippen LogP contribution in [0.15, 0.2) is 9.85 Å². The van der Waals surface area contributed by atoms with Crippen molar-refractivity contribution in [3.63, 3.8) is 0 Å². The van der Waals surface area contributed by atoms with Crippen molar-refractivity contribution in [2.45, 2.75) is 52.9 Å². The molecule has 0 spiro atoms. The third kappa shape index (κ3) is 6.57. The monoisotopic (exact) mass is 345 g/mol. The Bertz CT molecular complexity index is 381. The zero-order chi connectivity index (χ0) is 14.3. The Balaban J connectivity index is 2.11. The van der Waals surface area contributed by atoms with Crippen LogP contribution in [0.2, 0.25) is 0 Å². The Labute approximate surface area is 129 Å². The van der Waals surface area contributed by atoms with Crippen molar-refractivity contribution in [1.29, 1.82) is 0 Å². The second-order valence-corrected chi connectivity index (χ2v) is 7.79. The number of hydrogen-bond donors (Lipinski definition) is 1. The Hall–Kier alpha value is -0.350. The molecule has 19 heavy (non-hydrogen) atoms. The Morgan fingerprint density at radius 3 is 2.58 bits per heavy atom. The zero-order valence-electron chi connectivity index (χ0n) is 12.1. The molecule has 1 aromatic rings. The van der Waals surface area contributed by atoms with Crippen molar-refractivity contribution in [1.82, 2.24) is 5.32 Å². The molecule has 0 aliphatic heterocycles. The van der Waals surface area contributed by atoms with Crippen molar-refractivity contribution in [2.24, 2.45) is 5.92 Å². The van der Waals surface area contributed by atoms with E-state index in [0.29, 0.717) is 0 Å². The highest BCUT2D eigenvalue weighted by Crippen LogP contribution is 2.27. The van der Waals surface area contributed by atoms with Gasteiger partial charge in [0.25, 0.3) is 5.91 Å². The fraction of sp³-hybridized carbons (Fsp3) is 0.667. The first-order valence-electron chi connectivity index (χ1n) is 7.05. The van der Waals surface area contributed by atoms with Crippen LogP contribution in [-0.4, -0.2) is 12.5 Å². The Morgan fingerprint density at radius 2 is 2.00 bits per heavy atom. The van der Waals surface area contributed by atoms with E-state index in [0.717, 1.165) is 33.1 Å². The number of amides is 1. The molecule has 0 fully saturated rings. The van der Waals surface area contributed by atoms with Gasteiger partial charge in [-0.3, -0.25) is 4.79 Å². The lowest BCUT2D eigenvalue weighted by Crippen LogP contribution is -2.23. The number of hydrogen-bond acceptors (Lipinski definition) is 2. The Morgan fingerprint density at radius 1 is 1.32 bits per heavy atom. The molecular formula is C15H24BrNOS. The molecule has 0 radical (unpaired) electrons. The fourth-order valence-corrected chi connectivity index (χ4v) is 3.34. The minimum atomic E-state index is 0.0565. The van der Waals surface area contributed by atoms with Gasteiger partial charge in [-0.1, -0.05) is 39.5 Å². The number of carbonyl (C=O) groups is 1. The third-order valence-electron chi connectivity index (χ3n) is 3.07. The molecular weight excluding hydrogens is 322 g/mol. The van der Waals surface area contributed by atoms with Crippen LogP contribution < -0.4 is 5.32 Å². The van der Waals surface area contributed by atoms with Gasteiger partial charge in [0, 0.05) is 6.54 Å². The SMILES string of the molecule is Cc1cc(C(=O)NCCCCCCC(C)C)sc1Br. The summed E-state index contributed by atoms with van der Waals surface area (Å²) < 4.78 is 1.05. The second-order valence-electron chi connectivity index (χ2n) is 5.42. The lowest BCUT2D eigenvalue weighted by molar-refractivity contribution is 0.0957. The fourth-order valence-electron chi connectivity index (χ4n) is 1.89. The molecule has 1 heterocycles. The van der Waals surface area contributed by atoms with Crippen LogP contribution in [0, 0.1) is 12.8 Å². The summed E-state index contributed by atoms with van der Waals surface area (Å²) in [6, 6.07) is 1.94. The molecule has 0 bridgehead atoms. The molecule has 1 N–H and O–H groups in total. The first kappa shape index (κ1) is 16.7. The summed E-state index contributed by atoms with van der Waals surface area (Å²) in [5.74, 6) is 0.862. The van der Waals surface area contributed by atoms with E-state index in [4.69, 9.17) is 0 Å². The molecule has 1 aromatic heterocycles. The molecule has 0 saturated heterocycles. The molecule has 0 aliphatic rings. The minimum absolute atomic E-state index is 0.0565. The van der Waals surface area contributed by atoms with Crippen LogP contribution in [0.5, 0.6) is 0 Å². The van der Waals surface area contributed by atoms with Gasteiger partial charge in [0.2, 0.25) is 0 Å². The van der Waals surface area contributed by atoms with Gasteiger partial charge in [0.1, 0.15) is 0 Å². The van der Waals surface area contributed by atoms with Crippen molar-refractivity contribution in [3.8, 4) is 0 Å². The molecule has 0 unspecified atom stereocenters. The predicted molar refractivity (Wildman–Crippen MR) is 87.0 cm³/mol. The summed E-state index contributed by atoms with van der Waals surface area (Å²) in [6.45, 7) is 7.32. The summed E-state index contributed by atoms with van der Waals surface area (Å²) in [5, 5.41) is 2.99. The highest BCUT2D eigenvalue weighted by atomic mass is 79.9. The third-order valence-corrected chi connectivity index (χ3v) is 5.21. The first-order chi connectivity index (χ1) is 9.00. The van der Waals surface area contributed by atoms with Crippen molar-refractivity contribution >= 4 is 33.2 Å². The molecule has 1 amide bonds. The minimum Gasteiger partial charge on any atom is -0.351 e. The molecule has 1 rings (SSSR count). The average Bonchev–Trinajstić information content (AvgIpc) is 2.68. The van der Waals surface area contributed by atoms with E-state index in [-0.39, 0.29) is 5.91 Å². The molecule has 0 saturated carbocycles. The topological polar surface area (TPSA) is 29.1 Å². The number of carbonyl (C=O) groups excluding carboxylic acids is 1. The van der Waals surface area contributed by atoms with Gasteiger partial charge >= 0.3 is 0 Å². The van der Waals surface area contributed by atoms with Gasteiger partial charge in [0.05, 0.1) is 8.66 Å². The van der Waals surface area contributed by atoms with E-state index in [9.17, 15) is 4.79 Å². The smallest absolute Gasteiger partial charge is 0.261 e. The zero-order valence-corrected chi connectivity index (χ0v) is 14.5. The van der Waals surface area contributed by atoms with Crippen molar-refractivity contribution in [2.75, 3.05) is 6.54 Å². The highest BCUT2D eigenvalue weighted by molar-refractivity contribution is 9.11. The van der Waals surface area contributed by atoms with E-state index in [1.54, 1.807) is 0 Å². The quantitative estimate of drug-likeness (QED) is 0.648. The number of unbranched alkanes of at least 4 members (excludes halogenated alkanes) is 3. The summed E-state index contributed by atoms with van der Waals surface area (Å²) in [7, 11) is 0. The molecule has 0 aromatic carbocycles. The summed E-state index contributed by atoms with van der Waals surface area (Å²) in [5.41, 5.74) is 1.13. The first-order valence-corrected chi connectivity index (χ1v) is 8.65. The number of thiophene rings is 1. The van der Waals surface area contributed by atoms with Crippen LogP contribution >= 0.6 is 27.3 Å². The van der Waals surface area contributed by atoms with E-state index in [1.165, 1.54) is 37.0 Å². The number of nitrogens with one attached hydrogen (secondary N) is 1. The van der Waals surface area contributed by atoms with E-state index >= 15 is 0 Å². The molecule has 0 atom stereocenters. The normalized spacial score (nSPS) is 11.0. The van der Waals surface area contributed by atoms with E-state index in [1.807, 2.05) is 13.0 Å². The van der Waals surface area contributed by atoms with Crippen LogP contribution in [0.1, 0.15) is 61.2 Å². The maximum atomic E-state index is 11.9. The number of rotatable bonds is 8. The lowest BCUT2D eigenvalue weighted by atomic mass is 10.0. The van der Waals surface area contributed by atoms with Gasteiger partial charge in [-0.05, 0) is 46.8 Å². The summed E-state index contributed by atoms with van der Waals surface area (Å²) >= 11 is 4.95. The van der Waals surface area contributed by atoms with Crippen molar-refractivity contribution < 1.29 is 4.79 Å². The number of halogens is 1. The van der Waals surface area contributed by atoms with Gasteiger partial charge in [-0.15, -0.1) is 11.3 Å². The largest absolute Gasteiger partial charge is 0.351 e. The Kier molecular flexibility index (Phi) is 7.69. The average molecular weight is 346 g/mol. The second kappa shape index (κ2) is 8.75. The summed E-state index contributed by atoms with van der Waals surface area (Å²) in [4.78, 5) is 12.7.